The number of hydrogen-bond acceptors (Lipinski definition) is 2. The van der Waals surface area contributed by atoms with Crippen LogP contribution in [0.15, 0.2) is 24.4 Å². The van der Waals surface area contributed by atoms with Crippen molar-refractivity contribution in [1.82, 2.24) is 9.55 Å². The molecule has 0 fully saturated rings. The molecule has 1 aromatic carbocycles. The van der Waals surface area contributed by atoms with Crippen molar-refractivity contribution in [3.05, 3.63) is 41.3 Å². The van der Waals surface area contributed by atoms with Gasteiger partial charge in [0.05, 0.1) is 5.69 Å². The van der Waals surface area contributed by atoms with Gasteiger partial charge in [0.1, 0.15) is 5.82 Å². The summed E-state index contributed by atoms with van der Waals surface area (Å²) in [5, 5.41) is 0. The molecule has 0 radical (unpaired) electrons. The molecule has 3 nitrogen and oxygen atoms in total. The van der Waals surface area contributed by atoms with E-state index < -0.39 is 0 Å². The third kappa shape index (κ3) is 2.67. The number of nitrogens with two attached hydrogens (primary N) is 1. The SMILES string of the molecule is Cc1ccc(-c2cn3c(n2)CC(N)CC3)c(C)c1.Cl. The van der Waals surface area contributed by atoms with Crippen molar-refractivity contribution in [2.45, 2.75) is 39.3 Å². The van der Waals surface area contributed by atoms with Gasteiger partial charge in [-0.1, -0.05) is 23.8 Å². The van der Waals surface area contributed by atoms with Crippen molar-refractivity contribution >= 4 is 12.4 Å². The zero-order valence-corrected chi connectivity index (χ0v) is 12.2. The van der Waals surface area contributed by atoms with Gasteiger partial charge in [-0.3, -0.25) is 0 Å². The molecular formula is C15H20ClN3. The highest BCUT2D eigenvalue weighted by atomic mass is 35.5. The van der Waals surface area contributed by atoms with Gasteiger partial charge in [-0.15, -0.1) is 12.4 Å². The number of rotatable bonds is 1. The number of hydrogen-bond donors (Lipinski definition) is 1. The van der Waals surface area contributed by atoms with Gasteiger partial charge >= 0.3 is 0 Å². The fourth-order valence-corrected chi connectivity index (χ4v) is 2.68. The van der Waals surface area contributed by atoms with Crippen LogP contribution in [0, 0.1) is 13.8 Å². The number of fused-ring (bicyclic) bond motifs is 1. The van der Waals surface area contributed by atoms with Crippen LogP contribution in [0.3, 0.4) is 0 Å². The number of benzene rings is 1. The molecule has 0 saturated heterocycles. The van der Waals surface area contributed by atoms with Gasteiger partial charge in [0.15, 0.2) is 0 Å². The Balaban J connectivity index is 0.00000133. The van der Waals surface area contributed by atoms with Crippen molar-refractivity contribution < 1.29 is 0 Å². The average Bonchev–Trinajstić information content (AvgIpc) is 2.71. The summed E-state index contributed by atoms with van der Waals surface area (Å²) in [5.41, 5.74) is 10.9. The van der Waals surface area contributed by atoms with Crippen LogP contribution in [-0.4, -0.2) is 15.6 Å². The Bertz CT molecular complexity index is 589. The van der Waals surface area contributed by atoms with Crippen LogP contribution >= 0.6 is 12.4 Å². The molecule has 102 valence electrons. The molecule has 4 heteroatoms. The highest BCUT2D eigenvalue weighted by molar-refractivity contribution is 5.85. The lowest BCUT2D eigenvalue weighted by atomic mass is 10.0. The fraction of sp³-hybridized carbons (Fsp3) is 0.400. The van der Waals surface area contributed by atoms with E-state index in [1.54, 1.807) is 0 Å². The summed E-state index contributed by atoms with van der Waals surface area (Å²) in [4.78, 5) is 4.74. The van der Waals surface area contributed by atoms with E-state index in [0.717, 1.165) is 30.9 Å². The molecule has 1 aliphatic heterocycles. The van der Waals surface area contributed by atoms with Gasteiger partial charge in [0.25, 0.3) is 0 Å². The summed E-state index contributed by atoms with van der Waals surface area (Å²) in [5.74, 6) is 1.13. The lowest BCUT2D eigenvalue weighted by molar-refractivity contribution is 0.463. The van der Waals surface area contributed by atoms with Crippen LogP contribution in [0.1, 0.15) is 23.4 Å². The Kier molecular flexibility index (Phi) is 3.97. The predicted molar refractivity (Wildman–Crippen MR) is 80.7 cm³/mol. The van der Waals surface area contributed by atoms with Crippen LogP contribution in [0.25, 0.3) is 11.3 Å². The summed E-state index contributed by atoms with van der Waals surface area (Å²) in [6.45, 7) is 5.26. The maximum atomic E-state index is 5.99. The molecule has 3 rings (SSSR count). The summed E-state index contributed by atoms with van der Waals surface area (Å²) in [6.07, 6.45) is 4.11. The number of halogens is 1. The fourth-order valence-electron chi connectivity index (χ4n) is 2.68. The van der Waals surface area contributed by atoms with Crippen molar-refractivity contribution in [3.63, 3.8) is 0 Å². The molecule has 0 amide bonds. The van der Waals surface area contributed by atoms with Crippen molar-refractivity contribution in [2.75, 3.05) is 0 Å². The van der Waals surface area contributed by atoms with Crippen LogP contribution in [-0.2, 0) is 13.0 Å². The third-order valence-corrected chi connectivity index (χ3v) is 3.70. The monoisotopic (exact) mass is 277 g/mol. The van der Waals surface area contributed by atoms with E-state index in [4.69, 9.17) is 10.7 Å². The zero-order chi connectivity index (χ0) is 12.7. The van der Waals surface area contributed by atoms with Crippen molar-refractivity contribution in [2.24, 2.45) is 5.73 Å². The third-order valence-electron chi connectivity index (χ3n) is 3.70. The standard InChI is InChI=1S/C15H19N3.ClH/c1-10-3-4-13(11(2)7-10)14-9-18-6-5-12(16)8-15(18)17-14;/h3-4,7,9,12H,5-6,8,16H2,1-2H3;1H. The second-order valence-corrected chi connectivity index (χ2v) is 5.31. The lowest BCUT2D eigenvalue weighted by Gasteiger charge is -2.18. The van der Waals surface area contributed by atoms with Crippen LogP contribution < -0.4 is 5.73 Å². The van der Waals surface area contributed by atoms with E-state index in [9.17, 15) is 0 Å². The molecule has 0 spiro atoms. The summed E-state index contributed by atoms with van der Waals surface area (Å²) >= 11 is 0. The highest BCUT2D eigenvalue weighted by Crippen LogP contribution is 2.25. The Morgan fingerprint density at radius 1 is 1.32 bits per heavy atom. The lowest BCUT2D eigenvalue weighted by Crippen LogP contribution is -2.30. The molecule has 1 unspecified atom stereocenters. The normalized spacial score (nSPS) is 17.7. The molecule has 1 aromatic heterocycles. The van der Waals surface area contributed by atoms with Gasteiger partial charge in [0.2, 0.25) is 0 Å². The first-order chi connectivity index (χ1) is 8.63. The number of aryl methyl sites for hydroxylation is 3. The molecule has 0 saturated carbocycles. The molecular weight excluding hydrogens is 258 g/mol. The second kappa shape index (κ2) is 5.35. The first kappa shape index (κ1) is 14.1. The highest BCUT2D eigenvalue weighted by Gasteiger charge is 2.18. The minimum atomic E-state index is 0. The Morgan fingerprint density at radius 3 is 2.84 bits per heavy atom. The van der Waals surface area contributed by atoms with E-state index in [1.807, 2.05) is 0 Å². The largest absolute Gasteiger partial charge is 0.334 e. The maximum Gasteiger partial charge on any atom is 0.110 e. The quantitative estimate of drug-likeness (QED) is 0.871. The smallest absolute Gasteiger partial charge is 0.110 e. The van der Waals surface area contributed by atoms with Gasteiger partial charge in [-0.25, -0.2) is 4.98 Å². The van der Waals surface area contributed by atoms with E-state index >= 15 is 0 Å². The molecule has 2 heterocycles. The average molecular weight is 278 g/mol. The zero-order valence-electron chi connectivity index (χ0n) is 11.4. The van der Waals surface area contributed by atoms with E-state index in [2.05, 4.69) is 42.8 Å². The van der Waals surface area contributed by atoms with Crippen molar-refractivity contribution in [1.29, 1.82) is 0 Å². The number of aromatic nitrogens is 2. The molecule has 0 aliphatic carbocycles. The van der Waals surface area contributed by atoms with E-state index in [1.165, 1.54) is 16.7 Å². The van der Waals surface area contributed by atoms with Crippen LogP contribution in [0.2, 0.25) is 0 Å². The van der Waals surface area contributed by atoms with Crippen LogP contribution in [0.5, 0.6) is 0 Å². The number of nitrogens with zero attached hydrogens (tertiary/aromatic N) is 2. The van der Waals surface area contributed by atoms with Gasteiger partial charge in [0, 0.05) is 30.8 Å². The van der Waals surface area contributed by atoms with E-state index in [0.29, 0.717) is 0 Å². The molecule has 1 aliphatic rings. The van der Waals surface area contributed by atoms with Gasteiger partial charge in [-0.2, -0.15) is 0 Å². The van der Waals surface area contributed by atoms with Gasteiger partial charge in [-0.05, 0) is 25.8 Å². The summed E-state index contributed by atoms with van der Waals surface area (Å²) < 4.78 is 2.25. The van der Waals surface area contributed by atoms with E-state index in [-0.39, 0.29) is 18.4 Å². The predicted octanol–water partition coefficient (Wildman–Crippen LogP) is 2.86. The molecule has 1 atom stereocenters. The Labute approximate surface area is 120 Å². The molecule has 2 aromatic rings. The topological polar surface area (TPSA) is 43.8 Å². The Hall–Kier alpha value is -1.32. The minimum absolute atomic E-state index is 0. The maximum absolute atomic E-state index is 5.99. The summed E-state index contributed by atoms with van der Waals surface area (Å²) in [7, 11) is 0. The first-order valence-corrected chi connectivity index (χ1v) is 6.53. The molecule has 2 N–H and O–H groups in total. The first-order valence-electron chi connectivity index (χ1n) is 6.53. The summed E-state index contributed by atoms with van der Waals surface area (Å²) in [6, 6.07) is 6.79. The molecule has 19 heavy (non-hydrogen) atoms. The van der Waals surface area contributed by atoms with Crippen LogP contribution in [0.4, 0.5) is 0 Å². The molecule has 0 bridgehead atoms. The minimum Gasteiger partial charge on any atom is -0.334 e. The number of imidazole rings is 1. The van der Waals surface area contributed by atoms with Crippen molar-refractivity contribution in [3.8, 4) is 11.3 Å². The Morgan fingerprint density at radius 2 is 2.11 bits per heavy atom. The van der Waals surface area contributed by atoms with Gasteiger partial charge < -0.3 is 10.3 Å². The second-order valence-electron chi connectivity index (χ2n) is 5.31.